The molecule has 6 heterocycles. The number of aromatic nitrogens is 3. The molecule has 0 saturated carbocycles. The predicted octanol–water partition coefficient (Wildman–Crippen LogP) is 2.35. The Kier molecular flexibility index (Phi) is 15.7. The Morgan fingerprint density at radius 2 is 1.22 bits per heavy atom. The Morgan fingerprint density at radius 1 is 0.768 bits per heavy atom. The van der Waals surface area contributed by atoms with Crippen molar-refractivity contribution in [2.75, 3.05) is 38.7 Å². The van der Waals surface area contributed by atoms with E-state index in [9.17, 15) is 41.1 Å². The normalized spacial score (nSPS) is 17.0. The molecule has 3 aliphatic heterocycles. The number of hydroxylamine groups is 2. The van der Waals surface area contributed by atoms with Crippen molar-refractivity contribution in [2.24, 2.45) is 5.73 Å². The summed E-state index contributed by atoms with van der Waals surface area (Å²) in [5.74, 6) is 10.1. The molecule has 0 radical (unpaired) electrons. The minimum Gasteiger partial charge on any atom is -0.383 e. The van der Waals surface area contributed by atoms with Gasteiger partial charge in [0.2, 0.25) is 0 Å². The van der Waals surface area contributed by atoms with E-state index in [2.05, 4.69) is 45.7 Å². The van der Waals surface area contributed by atoms with Crippen LogP contribution in [0.25, 0.3) is 0 Å². The van der Waals surface area contributed by atoms with Gasteiger partial charge in [0.15, 0.2) is 29.2 Å². The largest absolute Gasteiger partial charge is 0.383 e. The molecule has 1 fully saturated rings. The summed E-state index contributed by atoms with van der Waals surface area (Å²) in [5.41, 5.74) is 12.6. The number of rotatable bonds is 13. The lowest BCUT2D eigenvalue weighted by atomic mass is 10.0. The van der Waals surface area contributed by atoms with Crippen LogP contribution in [0.5, 0.6) is 0 Å². The number of amides is 4. The lowest BCUT2D eigenvalue weighted by Gasteiger charge is -2.30. The van der Waals surface area contributed by atoms with Crippen molar-refractivity contribution in [3.05, 3.63) is 98.5 Å². The predicted molar refractivity (Wildman–Crippen MR) is 255 cm³/mol. The summed E-state index contributed by atoms with van der Waals surface area (Å²) in [6, 6.07) is 11.4. The zero-order valence-electron chi connectivity index (χ0n) is 39.1. The van der Waals surface area contributed by atoms with Crippen LogP contribution < -0.4 is 16.7 Å². The van der Waals surface area contributed by atoms with Crippen LogP contribution in [0.3, 0.4) is 0 Å². The number of carbonyl (C=O) groups excluding carboxylic acids is 4. The number of fused-ring (bicyclic) bond motifs is 2. The van der Waals surface area contributed by atoms with Crippen molar-refractivity contribution in [2.45, 2.75) is 94.1 Å². The summed E-state index contributed by atoms with van der Waals surface area (Å²) in [4.78, 5) is 59.7. The number of likely N-dealkylation sites (tertiary alicyclic amines) is 1. The van der Waals surface area contributed by atoms with Crippen molar-refractivity contribution < 1.29 is 51.5 Å². The highest BCUT2D eigenvalue weighted by molar-refractivity contribution is 7.93. The van der Waals surface area contributed by atoms with Gasteiger partial charge in [0, 0.05) is 78.7 Å². The van der Waals surface area contributed by atoms with Gasteiger partial charge in [-0.3, -0.25) is 34.0 Å². The number of benzene rings is 1. The van der Waals surface area contributed by atoms with Gasteiger partial charge in [-0.15, -0.1) is 11.3 Å². The first kappa shape index (κ1) is 52.5. The second kappa shape index (κ2) is 20.6. The molecule has 0 aliphatic carbocycles. The molecule has 7 rings (SSSR count). The fourth-order valence-corrected chi connectivity index (χ4v) is 10.2. The average Bonchev–Trinajstić information content (AvgIpc) is 4.13. The standard InChI is InChI=1S/C26H33N5O5S.C20H24N4O6S2/c1-26(24(32)28-34,37(2,35)36)11-14-30-18-23-15-21(17-31(23)25(30)33)8-5-19-3-6-20(7-4-19)16-29-12-9-22(27)10-13-29;1-19(2,27)17-21-10-15(31-17)6-5-13-9-14-12-23(18(26)24(14)11-13)8-7-20(3,16(25)22-28)32(4,29)30/h3-4,6-7,15,17,22,34H,9-14,16,18,27H2,1-2H3,(H,28,32);9-11,27-28H,7-8,12H2,1-4H3,(H,22,25)/t26-;20-/m11/s1. The van der Waals surface area contributed by atoms with E-state index < -0.39 is 46.6 Å². The molecule has 23 heteroatoms. The Hall–Kier alpha value is -5.89. The molecule has 20 nitrogen and oxygen atoms in total. The first-order chi connectivity index (χ1) is 32.3. The molecule has 1 aromatic carbocycles. The molecular formula is C46H57N9O11S3. The summed E-state index contributed by atoms with van der Waals surface area (Å²) in [6.07, 6.45) is 8.44. The van der Waals surface area contributed by atoms with Crippen molar-refractivity contribution >= 4 is 54.9 Å². The van der Waals surface area contributed by atoms with Gasteiger partial charge in [-0.2, -0.15) is 0 Å². The van der Waals surface area contributed by atoms with Crippen LogP contribution in [0, 0.1) is 23.7 Å². The van der Waals surface area contributed by atoms with E-state index in [1.807, 2.05) is 18.2 Å². The number of hydrogen-bond donors (Lipinski definition) is 6. The third kappa shape index (κ3) is 11.9. The van der Waals surface area contributed by atoms with Gasteiger partial charge in [-0.05, 0) is 102 Å². The number of sulfone groups is 2. The first-order valence-corrected chi connectivity index (χ1v) is 26.4. The lowest BCUT2D eigenvalue weighted by Crippen LogP contribution is -2.50. The highest BCUT2D eigenvalue weighted by Crippen LogP contribution is 2.28. The fourth-order valence-electron chi connectivity index (χ4n) is 7.76. The quantitative estimate of drug-likeness (QED) is 0.0638. The van der Waals surface area contributed by atoms with Crippen LogP contribution >= 0.6 is 11.3 Å². The maximum absolute atomic E-state index is 12.8. The summed E-state index contributed by atoms with van der Waals surface area (Å²) in [5, 5.41) is 28.4. The van der Waals surface area contributed by atoms with Gasteiger partial charge >= 0.3 is 12.1 Å². The van der Waals surface area contributed by atoms with E-state index in [1.165, 1.54) is 60.6 Å². The number of piperidine rings is 1. The molecule has 7 N–H and O–H groups in total. The van der Waals surface area contributed by atoms with E-state index in [0.717, 1.165) is 56.2 Å². The van der Waals surface area contributed by atoms with E-state index in [1.54, 1.807) is 38.5 Å². The second-order valence-electron chi connectivity index (χ2n) is 18.4. The van der Waals surface area contributed by atoms with Crippen molar-refractivity contribution in [3.63, 3.8) is 0 Å². The smallest absolute Gasteiger partial charge is 0.328 e. The van der Waals surface area contributed by atoms with E-state index in [0.29, 0.717) is 32.7 Å². The minimum atomic E-state index is -3.84. The van der Waals surface area contributed by atoms with Crippen LogP contribution in [0.1, 0.15) is 96.9 Å². The van der Waals surface area contributed by atoms with Gasteiger partial charge in [0.05, 0.1) is 24.2 Å². The number of nitrogens with zero attached hydrogens (tertiary/aromatic N) is 6. The van der Waals surface area contributed by atoms with Crippen LogP contribution in [-0.4, -0.2) is 139 Å². The molecule has 370 valence electrons. The Balaban J connectivity index is 0.000000229. The average molecular weight is 1010 g/mol. The van der Waals surface area contributed by atoms with Crippen molar-refractivity contribution in [1.82, 2.24) is 39.8 Å². The van der Waals surface area contributed by atoms with Gasteiger partial charge in [-0.25, -0.2) is 42.4 Å². The monoisotopic (exact) mass is 1010 g/mol. The number of carbonyl (C=O) groups is 4. The van der Waals surface area contributed by atoms with Gasteiger partial charge in [0.25, 0.3) is 11.8 Å². The number of thiazole rings is 1. The summed E-state index contributed by atoms with van der Waals surface area (Å²) in [7, 11) is -7.68. The maximum atomic E-state index is 12.8. The third-order valence-electron chi connectivity index (χ3n) is 12.7. The zero-order valence-corrected chi connectivity index (χ0v) is 41.6. The number of hydrogen-bond acceptors (Lipinski definition) is 15. The first-order valence-electron chi connectivity index (χ1n) is 21.9. The molecule has 3 aliphatic rings. The zero-order chi connectivity index (χ0) is 50.7. The van der Waals surface area contributed by atoms with Crippen LogP contribution in [0.2, 0.25) is 0 Å². The molecule has 0 unspecified atom stereocenters. The Morgan fingerprint density at radius 3 is 1.62 bits per heavy atom. The number of nitrogens with two attached hydrogens (primary N) is 1. The molecule has 69 heavy (non-hydrogen) atoms. The van der Waals surface area contributed by atoms with Crippen LogP contribution in [0.15, 0.2) is 55.0 Å². The summed E-state index contributed by atoms with van der Waals surface area (Å²) in [6.45, 7) is 9.25. The minimum absolute atomic E-state index is 0.0130. The van der Waals surface area contributed by atoms with Gasteiger partial charge in [-0.1, -0.05) is 29.9 Å². The van der Waals surface area contributed by atoms with E-state index in [-0.39, 0.29) is 51.1 Å². The molecule has 1 saturated heterocycles. The number of aliphatic hydroxyl groups is 1. The molecule has 3 aromatic heterocycles. The van der Waals surface area contributed by atoms with Gasteiger partial charge in [0.1, 0.15) is 10.6 Å². The molecule has 4 aromatic rings. The summed E-state index contributed by atoms with van der Waals surface area (Å²) < 4.78 is 47.7. The SMILES string of the molecule is CC(C)(O)c1ncc(C#Cc2cc3n(c2)C(=O)N(CC[C@](C)(C(=O)NO)S(C)(=O)=O)C3)s1.C[C@@](CCN1Cc2cc(C#Cc3ccc(CN4CCC(N)CC4)cc3)cn2C1=O)(C(=O)NO)S(C)(=O)=O. The second-order valence-corrected chi connectivity index (χ2v) is 24.3. The van der Waals surface area contributed by atoms with E-state index in [4.69, 9.17) is 16.1 Å². The van der Waals surface area contributed by atoms with Crippen LogP contribution in [-0.2, 0) is 54.5 Å². The van der Waals surface area contributed by atoms with Crippen molar-refractivity contribution in [3.8, 4) is 23.7 Å². The number of nitrogens with one attached hydrogen (secondary N) is 2. The highest BCUT2D eigenvalue weighted by Gasteiger charge is 2.45. The highest BCUT2D eigenvalue weighted by atomic mass is 32.2. The Bertz CT molecular complexity index is 2960. The summed E-state index contributed by atoms with van der Waals surface area (Å²) >= 11 is 1.29. The van der Waals surface area contributed by atoms with Gasteiger partial charge < -0.3 is 20.6 Å². The molecule has 0 spiro atoms. The Labute approximate surface area is 405 Å². The molecular weight excluding hydrogens is 951 g/mol. The fraction of sp³-hybridized carbons (Fsp3) is 0.457. The topological polar surface area (TPSA) is 280 Å². The lowest BCUT2D eigenvalue weighted by molar-refractivity contribution is -0.132. The molecule has 4 amide bonds. The maximum Gasteiger partial charge on any atom is 0.328 e. The molecule has 2 atom stereocenters. The molecule has 0 bridgehead atoms. The third-order valence-corrected chi connectivity index (χ3v) is 18.0. The van der Waals surface area contributed by atoms with Crippen molar-refractivity contribution in [1.29, 1.82) is 0 Å². The van der Waals surface area contributed by atoms with E-state index >= 15 is 0 Å². The van der Waals surface area contributed by atoms with Crippen LogP contribution in [0.4, 0.5) is 9.59 Å².